The summed E-state index contributed by atoms with van der Waals surface area (Å²) in [5.74, 6) is -3.52. The smallest absolute Gasteiger partial charge is 0.320 e. The molecule has 1 aromatic rings. The van der Waals surface area contributed by atoms with Crippen molar-refractivity contribution in [3.8, 4) is 0 Å². The maximum atomic E-state index is 12.6. The van der Waals surface area contributed by atoms with Crippen molar-refractivity contribution in [2.24, 2.45) is 5.73 Å². The second-order valence-electron chi connectivity index (χ2n) is 2.77. The van der Waals surface area contributed by atoms with Crippen molar-refractivity contribution in [3.05, 3.63) is 29.6 Å². The molecule has 14 heavy (non-hydrogen) atoms. The highest BCUT2D eigenvalue weighted by Gasteiger charge is 2.13. The summed E-state index contributed by atoms with van der Waals surface area (Å²) in [7, 11) is 0. The SMILES string of the molecule is NC(Cc1cnc(F)c(F)c1)C(=O)O. The Balaban J connectivity index is 2.78. The highest BCUT2D eigenvalue weighted by atomic mass is 19.2. The quantitative estimate of drug-likeness (QED) is 0.692. The lowest BCUT2D eigenvalue weighted by Gasteiger charge is -2.05. The minimum atomic E-state index is -1.21. The average molecular weight is 202 g/mol. The van der Waals surface area contributed by atoms with Crippen LogP contribution in [0.25, 0.3) is 0 Å². The summed E-state index contributed by atoms with van der Waals surface area (Å²) in [4.78, 5) is 13.4. The van der Waals surface area contributed by atoms with Gasteiger partial charge in [-0.2, -0.15) is 4.39 Å². The second-order valence-corrected chi connectivity index (χ2v) is 2.77. The molecule has 1 rings (SSSR count). The Morgan fingerprint density at radius 2 is 2.29 bits per heavy atom. The molecule has 1 heterocycles. The number of aliphatic carboxylic acids is 1. The van der Waals surface area contributed by atoms with Gasteiger partial charge in [0.25, 0.3) is 0 Å². The van der Waals surface area contributed by atoms with Crippen LogP contribution in [0.1, 0.15) is 5.56 Å². The van der Waals surface area contributed by atoms with Crippen LogP contribution >= 0.6 is 0 Å². The van der Waals surface area contributed by atoms with Crippen molar-refractivity contribution in [2.75, 3.05) is 0 Å². The fourth-order valence-electron chi connectivity index (χ4n) is 0.914. The number of carboxylic acid groups (broad SMARTS) is 1. The maximum Gasteiger partial charge on any atom is 0.320 e. The van der Waals surface area contributed by atoms with Gasteiger partial charge in [0, 0.05) is 6.20 Å². The first-order valence-electron chi connectivity index (χ1n) is 3.79. The Morgan fingerprint density at radius 3 is 2.79 bits per heavy atom. The number of carbonyl (C=O) groups is 1. The lowest BCUT2D eigenvalue weighted by atomic mass is 10.1. The topological polar surface area (TPSA) is 76.2 Å². The average Bonchev–Trinajstić information content (AvgIpc) is 2.11. The predicted molar refractivity (Wildman–Crippen MR) is 43.5 cm³/mol. The molecule has 0 saturated heterocycles. The van der Waals surface area contributed by atoms with Crippen molar-refractivity contribution in [3.63, 3.8) is 0 Å². The number of hydrogen-bond donors (Lipinski definition) is 2. The van der Waals surface area contributed by atoms with Crippen LogP contribution < -0.4 is 5.73 Å². The zero-order valence-corrected chi connectivity index (χ0v) is 7.08. The van der Waals surface area contributed by atoms with Crippen molar-refractivity contribution in [1.29, 1.82) is 0 Å². The number of aromatic nitrogens is 1. The minimum Gasteiger partial charge on any atom is -0.480 e. The van der Waals surface area contributed by atoms with Crippen molar-refractivity contribution >= 4 is 5.97 Å². The summed E-state index contributed by atoms with van der Waals surface area (Å²) >= 11 is 0. The summed E-state index contributed by atoms with van der Waals surface area (Å²) in [6, 6.07) is -0.257. The first-order valence-corrected chi connectivity index (χ1v) is 3.79. The normalized spacial score (nSPS) is 12.5. The Bertz CT molecular complexity index is 357. The van der Waals surface area contributed by atoms with Crippen LogP contribution in [0.5, 0.6) is 0 Å². The van der Waals surface area contributed by atoms with Crippen LogP contribution in [-0.4, -0.2) is 22.1 Å². The van der Waals surface area contributed by atoms with Gasteiger partial charge in [0.2, 0.25) is 5.95 Å². The minimum absolute atomic E-state index is 0.0838. The number of pyridine rings is 1. The molecule has 0 spiro atoms. The molecule has 3 N–H and O–H groups in total. The van der Waals surface area contributed by atoms with E-state index in [0.717, 1.165) is 12.3 Å². The summed E-state index contributed by atoms with van der Waals surface area (Å²) < 4.78 is 25.0. The second kappa shape index (κ2) is 4.10. The van der Waals surface area contributed by atoms with Crippen molar-refractivity contribution in [1.82, 2.24) is 4.98 Å². The van der Waals surface area contributed by atoms with Gasteiger partial charge < -0.3 is 10.8 Å². The molecule has 0 fully saturated rings. The number of halogens is 2. The lowest BCUT2D eigenvalue weighted by Crippen LogP contribution is -2.32. The van der Waals surface area contributed by atoms with E-state index in [4.69, 9.17) is 10.8 Å². The zero-order valence-electron chi connectivity index (χ0n) is 7.08. The summed E-state index contributed by atoms with van der Waals surface area (Å²) in [5, 5.41) is 8.45. The molecular formula is C8H8F2N2O2. The molecule has 0 saturated carbocycles. The van der Waals surface area contributed by atoms with E-state index in [1.165, 1.54) is 0 Å². The van der Waals surface area contributed by atoms with Gasteiger partial charge in [-0.05, 0) is 18.1 Å². The van der Waals surface area contributed by atoms with Crippen LogP contribution in [0.4, 0.5) is 8.78 Å². The molecule has 0 aliphatic carbocycles. The van der Waals surface area contributed by atoms with Gasteiger partial charge in [0.1, 0.15) is 6.04 Å². The Hall–Kier alpha value is -1.56. The number of nitrogens with zero attached hydrogens (tertiary/aromatic N) is 1. The van der Waals surface area contributed by atoms with E-state index in [-0.39, 0.29) is 12.0 Å². The molecule has 0 aromatic carbocycles. The van der Waals surface area contributed by atoms with Gasteiger partial charge >= 0.3 is 5.97 Å². The molecule has 0 radical (unpaired) electrons. The molecule has 6 heteroatoms. The van der Waals surface area contributed by atoms with Crippen LogP contribution in [0.2, 0.25) is 0 Å². The molecule has 0 aliphatic rings. The Kier molecular flexibility index (Phi) is 3.08. The first kappa shape index (κ1) is 10.5. The van der Waals surface area contributed by atoms with Gasteiger partial charge in [0.15, 0.2) is 5.82 Å². The Labute approximate surface area is 78.4 Å². The number of hydrogen-bond acceptors (Lipinski definition) is 3. The molecule has 76 valence electrons. The van der Waals surface area contributed by atoms with Gasteiger partial charge in [-0.25, -0.2) is 9.37 Å². The van der Waals surface area contributed by atoms with E-state index in [0.29, 0.717) is 0 Å². The number of carboxylic acids is 1. The maximum absolute atomic E-state index is 12.6. The first-order chi connectivity index (χ1) is 6.50. The van der Waals surface area contributed by atoms with Gasteiger partial charge in [-0.15, -0.1) is 0 Å². The van der Waals surface area contributed by atoms with Crippen LogP contribution in [0, 0.1) is 11.8 Å². The highest BCUT2D eigenvalue weighted by Crippen LogP contribution is 2.07. The molecule has 4 nitrogen and oxygen atoms in total. The predicted octanol–water partition coefficient (Wildman–Crippen LogP) is 0.314. The summed E-state index contributed by atoms with van der Waals surface area (Å²) in [6.07, 6.45) is 0.973. The fraction of sp³-hybridized carbons (Fsp3) is 0.250. The van der Waals surface area contributed by atoms with E-state index in [9.17, 15) is 13.6 Å². The molecule has 1 aromatic heterocycles. The van der Waals surface area contributed by atoms with E-state index in [1.807, 2.05) is 0 Å². The summed E-state index contributed by atoms with van der Waals surface area (Å²) in [5.41, 5.74) is 5.44. The molecule has 0 bridgehead atoms. The Morgan fingerprint density at radius 1 is 1.64 bits per heavy atom. The molecular weight excluding hydrogens is 194 g/mol. The van der Waals surface area contributed by atoms with Crippen molar-refractivity contribution < 1.29 is 18.7 Å². The zero-order chi connectivity index (χ0) is 10.7. The lowest BCUT2D eigenvalue weighted by molar-refractivity contribution is -0.138. The van der Waals surface area contributed by atoms with Crippen LogP contribution in [0.3, 0.4) is 0 Å². The van der Waals surface area contributed by atoms with Gasteiger partial charge in [-0.1, -0.05) is 0 Å². The summed E-state index contributed by atoms with van der Waals surface area (Å²) in [6.45, 7) is 0. The monoisotopic (exact) mass is 202 g/mol. The van der Waals surface area contributed by atoms with E-state index < -0.39 is 23.8 Å². The highest BCUT2D eigenvalue weighted by molar-refractivity contribution is 5.73. The molecule has 0 amide bonds. The van der Waals surface area contributed by atoms with Crippen LogP contribution in [-0.2, 0) is 11.2 Å². The number of nitrogens with two attached hydrogens (primary N) is 1. The van der Waals surface area contributed by atoms with Crippen LogP contribution in [0.15, 0.2) is 12.3 Å². The number of rotatable bonds is 3. The third kappa shape index (κ3) is 2.46. The van der Waals surface area contributed by atoms with E-state index in [1.54, 1.807) is 0 Å². The molecule has 1 unspecified atom stereocenters. The standard InChI is InChI=1S/C8H8F2N2O2/c9-5-1-4(3-12-7(5)10)2-6(11)8(13)14/h1,3,6H,2,11H2,(H,13,14). The van der Waals surface area contributed by atoms with Crippen molar-refractivity contribution in [2.45, 2.75) is 12.5 Å². The third-order valence-corrected chi connectivity index (χ3v) is 1.63. The fourth-order valence-corrected chi connectivity index (χ4v) is 0.914. The van der Waals surface area contributed by atoms with Gasteiger partial charge in [0.05, 0.1) is 0 Å². The van der Waals surface area contributed by atoms with E-state index >= 15 is 0 Å². The van der Waals surface area contributed by atoms with Gasteiger partial charge in [-0.3, -0.25) is 4.79 Å². The third-order valence-electron chi connectivity index (χ3n) is 1.63. The van der Waals surface area contributed by atoms with E-state index in [2.05, 4.69) is 4.98 Å². The molecule has 0 aliphatic heterocycles. The largest absolute Gasteiger partial charge is 0.480 e. The molecule has 1 atom stereocenters.